The lowest BCUT2D eigenvalue weighted by atomic mass is 9.95. The largest absolute Gasteiger partial charge is 0.352 e. The zero-order valence-electron chi connectivity index (χ0n) is 14.5. The Labute approximate surface area is 152 Å². The zero-order valence-corrected chi connectivity index (χ0v) is 14.5. The molecule has 2 heterocycles. The van der Waals surface area contributed by atoms with E-state index in [1.165, 1.54) is 12.1 Å². The molecule has 3 rings (SSSR count). The van der Waals surface area contributed by atoms with Gasteiger partial charge in [0.15, 0.2) is 0 Å². The maximum absolute atomic E-state index is 13.2. The average molecular weight is 355 g/mol. The molecule has 136 valence electrons. The molecule has 2 aromatic rings. The number of carbonyl (C=O) groups is 2. The number of hydrogen-bond donors (Lipinski definition) is 1. The second kappa shape index (κ2) is 8.56. The number of likely N-dealkylation sites (tertiary alicyclic amines) is 1. The van der Waals surface area contributed by atoms with Crippen LogP contribution in [0.15, 0.2) is 48.8 Å². The fraction of sp³-hybridized carbons (Fsp3) is 0.350. The van der Waals surface area contributed by atoms with E-state index in [1.807, 2.05) is 12.1 Å². The fourth-order valence-electron chi connectivity index (χ4n) is 3.16. The van der Waals surface area contributed by atoms with Crippen LogP contribution < -0.4 is 5.32 Å². The third kappa shape index (κ3) is 4.88. The molecule has 6 heteroatoms. The summed E-state index contributed by atoms with van der Waals surface area (Å²) in [6.07, 6.45) is 4.89. The summed E-state index contributed by atoms with van der Waals surface area (Å²) < 4.78 is 13.2. The van der Waals surface area contributed by atoms with Crippen molar-refractivity contribution in [3.05, 3.63) is 65.7 Å². The van der Waals surface area contributed by atoms with Crippen LogP contribution in [0.4, 0.5) is 4.39 Å². The molecule has 1 saturated heterocycles. The van der Waals surface area contributed by atoms with E-state index in [0.29, 0.717) is 38.0 Å². The van der Waals surface area contributed by atoms with Crippen molar-refractivity contribution in [2.45, 2.75) is 25.8 Å². The lowest BCUT2D eigenvalue weighted by molar-refractivity contribution is -0.135. The van der Waals surface area contributed by atoms with Crippen molar-refractivity contribution in [3.8, 4) is 0 Å². The van der Waals surface area contributed by atoms with Gasteiger partial charge in [-0.3, -0.25) is 14.6 Å². The smallest absolute Gasteiger partial charge is 0.226 e. The van der Waals surface area contributed by atoms with Crippen LogP contribution in [-0.2, 0) is 22.6 Å². The minimum absolute atomic E-state index is 0.0220. The molecule has 1 aliphatic rings. The number of carbonyl (C=O) groups excluding carboxylic acids is 2. The Bertz CT molecular complexity index is 759. The monoisotopic (exact) mass is 355 g/mol. The van der Waals surface area contributed by atoms with Gasteiger partial charge in [0.2, 0.25) is 11.8 Å². The topological polar surface area (TPSA) is 62.3 Å². The van der Waals surface area contributed by atoms with Crippen LogP contribution in [-0.4, -0.2) is 34.8 Å². The van der Waals surface area contributed by atoms with Gasteiger partial charge in [-0.25, -0.2) is 4.39 Å². The van der Waals surface area contributed by atoms with E-state index in [2.05, 4.69) is 10.3 Å². The van der Waals surface area contributed by atoms with Gasteiger partial charge < -0.3 is 10.2 Å². The highest BCUT2D eigenvalue weighted by Gasteiger charge is 2.27. The minimum Gasteiger partial charge on any atom is -0.352 e. The number of pyridine rings is 1. The molecule has 1 aliphatic heterocycles. The Balaban J connectivity index is 1.44. The second-order valence-electron chi connectivity index (χ2n) is 6.54. The highest BCUT2D eigenvalue weighted by molar-refractivity contribution is 5.81. The molecule has 0 aliphatic carbocycles. The number of rotatable bonds is 5. The first-order chi connectivity index (χ1) is 12.6. The Morgan fingerprint density at radius 3 is 2.54 bits per heavy atom. The van der Waals surface area contributed by atoms with Gasteiger partial charge in [0.1, 0.15) is 5.82 Å². The predicted octanol–water partition coefficient (Wildman–Crippen LogP) is 2.32. The van der Waals surface area contributed by atoms with Crippen LogP contribution in [0, 0.1) is 11.7 Å². The molecule has 0 atom stereocenters. The summed E-state index contributed by atoms with van der Waals surface area (Å²) in [6.45, 7) is 1.60. The molecule has 0 radical (unpaired) electrons. The van der Waals surface area contributed by atoms with Crippen LogP contribution in [0.1, 0.15) is 24.0 Å². The van der Waals surface area contributed by atoms with Gasteiger partial charge in [-0.15, -0.1) is 0 Å². The normalized spacial score (nSPS) is 14.9. The maximum atomic E-state index is 13.2. The fourth-order valence-corrected chi connectivity index (χ4v) is 3.16. The lowest BCUT2D eigenvalue weighted by Gasteiger charge is -2.31. The van der Waals surface area contributed by atoms with Gasteiger partial charge in [-0.05, 0) is 48.2 Å². The number of aromatic nitrogens is 1. The number of amides is 2. The van der Waals surface area contributed by atoms with Crippen LogP contribution in [0.5, 0.6) is 0 Å². The summed E-state index contributed by atoms with van der Waals surface area (Å²) in [6, 6.07) is 9.85. The molecular formula is C20H22FN3O2. The van der Waals surface area contributed by atoms with Crippen molar-refractivity contribution in [3.63, 3.8) is 0 Å². The molecule has 26 heavy (non-hydrogen) atoms. The van der Waals surface area contributed by atoms with Gasteiger partial charge in [0.25, 0.3) is 0 Å². The number of hydrogen-bond acceptors (Lipinski definition) is 3. The Kier molecular flexibility index (Phi) is 5.94. The standard InChI is InChI=1S/C20H22FN3O2/c21-18-3-1-2-16(12-18)13-19(25)24-10-6-17(7-11-24)20(26)23-14-15-4-8-22-9-5-15/h1-5,8-9,12,17H,6-7,10-11,13-14H2,(H,23,26). The molecule has 0 saturated carbocycles. The molecule has 1 aromatic heterocycles. The summed E-state index contributed by atoms with van der Waals surface area (Å²) in [7, 11) is 0. The quantitative estimate of drug-likeness (QED) is 0.895. The molecule has 0 unspecified atom stereocenters. The van der Waals surface area contributed by atoms with Gasteiger partial charge in [0.05, 0.1) is 6.42 Å². The Morgan fingerprint density at radius 1 is 1.12 bits per heavy atom. The summed E-state index contributed by atoms with van der Waals surface area (Å²) in [5.41, 5.74) is 1.68. The van der Waals surface area contributed by atoms with Crippen molar-refractivity contribution < 1.29 is 14.0 Å². The zero-order chi connectivity index (χ0) is 18.4. The molecule has 1 aromatic carbocycles. The molecule has 0 spiro atoms. The first-order valence-corrected chi connectivity index (χ1v) is 8.80. The van der Waals surface area contributed by atoms with Crippen LogP contribution in [0.3, 0.4) is 0 Å². The van der Waals surface area contributed by atoms with Crippen molar-refractivity contribution in [2.75, 3.05) is 13.1 Å². The van der Waals surface area contributed by atoms with Gasteiger partial charge in [-0.2, -0.15) is 0 Å². The second-order valence-corrected chi connectivity index (χ2v) is 6.54. The van der Waals surface area contributed by atoms with Crippen molar-refractivity contribution >= 4 is 11.8 Å². The van der Waals surface area contributed by atoms with Gasteiger partial charge in [0, 0.05) is 37.9 Å². The number of piperidine rings is 1. The molecule has 0 bridgehead atoms. The maximum Gasteiger partial charge on any atom is 0.226 e. The molecular weight excluding hydrogens is 333 g/mol. The summed E-state index contributed by atoms with van der Waals surface area (Å²) in [4.78, 5) is 30.4. The van der Waals surface area contributed by atoms with Gasteiger partial charge >= 0.3 is 0 Å². The molecule has 5 nitrogen and oxygen atoms in total. The molecule has 1 fully saturated rings. The first-order valence-electron chi connectivity index (χ1n) is 8.80. The average Bonchev–Trinajstić information content (AvgIpc) is 2.67. The Hall–Kier alpha value is -2.76. The summed E-state index contributed by atoms with van der Waals surface area (Å²) in [5, 5.41) is 2.95. The number of benzene rings is 1. The van der Waals surface area contributed by atoms with E-state index in [9.17, 15) is 14.0 Å². The van der Waals surface area contributed by atoms with E-state index in [1.54, 1.807) is 29.4 Å². The number of nitrogens with zero attached hydrogens (tertiary/aromatic N) is 2. The predicted molar refractivity (Wildman–Crippen MR) is 95.5 cm³/mol. The van der Waals surface area contributed by atoms with Crippen molar-refractivity contribution in [2.24, 2.45) is 5.92 Å². The number of nitrogens with one attached hydrogen (secondary N) is 1. The summed E-state index contributed by atoms with van der Waals surface area (Å²) in [5.74, 6) is -0.403. The van der Waals surface area contributed by atoms with Crippen molar-refractivity contribution in [1.82, 2.24) is 15.2 Å². The first kappa shape index (κ1) is 18.0. The third-order valence-corrected chi connectivity index (χ3v) is 4.68. The van der Waals surface area contributed by atoms with Crippen LogP contribution >= 0.6 is 0 Å². The molecule has 1 N–H and O–H groups in total. The van der Waals surface area contributed by atoms with Crippen molar-refractivity contribution in [1.29, 1.82) is 0 Å². The van der Waals surface area contributed by atoms with E-state index in [4.69, 9.17) is 0 Å². The third-order valence-electron chi connectivity index (χ3n) is 4.68. The highest BCUT2D eigenvalue weighted by Crippen LogP contribution is 2.19. The number of halogens is 1. The van der Waals surface area contributed by atoms with Gasteiger partial charge in [-0.1, -0.05) is 12.1 Å². The van der Waals surface area contributed by atoms with E-state index in [-0.39, 0.29) is 30.0 Å². The van der Waals surface area contributed by atoms with Crippen LogP contribution in [0.2, 0.25) is 0 Å². The van der Waals surface area contributed by atoms with E-state index in [0.717, 1.165) is 5.56 Å². The van der Waals surface area contributed by atoms with E-state index < -0.39 is 0 Å². The summed E-state index contributed by atoms with van der Waals surface area (Å²) >= 11 is 0. The molecule has 2 amide bonds. The lowest BCUT2D eigenvalue weighted by Crippen LogP contribution is -2.43. The Morgan fingerprint density at radius 2 is 1.85 bits per heavy atom. The van der Waals surface area contributed by atoms with E-state index >= 15 is 0 Å². The van der Waals surface area contributed by atoms with Crippen LogP contribution in [0.25, 0.3) is 0 Å². The minimum atomic E-state index is -0.333. The SMILES string of the molecule is O=C(NCc1ccncc1)C1CCN(C(=O)Cc2cccc(F)c2)CC1. The highest BCUT2D eigenvalue weighted by atomic mass is 19.1.